The molecule has 1 N–H and O–H groups in total. The molecule has 0 radical (unpaired) electrons. The van der Waals surface area contributed by atoms with Gasteiger partial charge in [0.15, 0.2) is 5.82 Å². The van der Waals surface area contributed by atoms with E-state index in [-0.39, 0.29) is 11.4 Å². The smallest absolute Gasteiger partial charge is 0.153 e. The van der Waals surface area contributed by atoms with Gasteiger partial charge in [0.2, 0.25) is 0 Å². The highest BCUT2D eigenvalue weighted by Crippen LogP contribution is 2.27. The summed E-state index contributed by atoms with van der Waals surface area (Å²) in [5.41, 5.74) is 0.636. The van der Waals surface area contributed by atoms with E-state index in [0.29, 0.717) is 18.7 Å². The Bertz CT molecular complexity index is 547. The number of aromatic amines is 1. The fourth-order valence-corrected chi connectivity index (χ4v) is 2.23. The number of hydrogen-bond acceptors (Lipinski definition) is 2. The van der Waals surface area contributed by atoms with Crippen LogP contribution in [0, 0.1) is 11.6 Å². The van der Waals surface area contributed by atoms with Gasteiger partial charge >= 0.3 is 0 Å². The van der Waals surface area contributed by atoms with Crippen LogP contribution in [-0.4, -0.2) is 23.2 Å². The number of rotatable bonds is 1. The maximum Gasteiger partial charge on any atom is 0.153 e. The van der Waals surface area contributed by atoms with Gasteiger partial charge < -0.3 is 9.72 Å². The molecule has 1 saturated heterocycles. The van der Waals surface area contributed by atoms with E-state index in [9.17, 15) is 8.78 Å². The molecular formula is C12H12F2N2O. The Hall–Kier alpha value is -1.49. The van der Waals surface area contributed by atoms with Crippen LogP contribution in [0.5, 0.6) is 0 Å². The van der Waals surface area contributed by atoms with Crippen molar-refractivity contribution in [2.75, 3.05) is 13.2 Å². The van der Waals surface area contributed by atoms with Gasteiger partial charge in [-0.2, -0.15) is 0 Å². The molecule has 2 aromatic rings. The lowest BCUT2D eigenvalue weighted by atomic mass is 10.00. The molecule has 0 atom stereocenters. The third kappa shape index (κ3) is 1.91. The van der Waals surface area contributed by atoms with E-state index in [1.165, 1.54) is 6.07 Å². The minimum atomic E-state index is -0.616. The highest BCUT2D eigenvalue weighted by Gasteiger charge is 2.20. The quantitative estimate of drug-likeness (QED) is 0.829. The molecule has 3 rings (SSSR count). The summed E-state index contributed by atoms with van der Waals surface area (Å²) in [5, 5.41) is 0. The number of aromatic nitrogens is 2. The third-order valence-electron chi connectivity index (χ3n) is 3.13. The maximum atomic E-state index is 13.5. The van der Waals surface area contributed by atoms with Gasteiger partial charge in [0.25, 0.3) is 0 Å². The fraction of sp³-hybridized carbons (Fsp3) is 0.417. The Kier molecular flexibility index (Phi) is 2.55. The predicted octanol–water partition coefficient (Wildman–Crippen LogP) is 2.74. The van der Waals surface area contributed by atoms with Crippen LogP contribution in [0.2, 0.25) is 0 Å². The summed E-state index contributed by atoms with van der Waals surface area (Å²) in [6, 6.07) is 2.13. The second kappa shape index (κ2) is 4.07. The SMILES string of the molecule is Fc1cc(F)c2nc(C3CCOCC3)[nH]c2c1. The minimum absolute atomic E-state index is 0.216. The summed E-state index contributed by atoms with van der Waals surface area (Å²) in [7, 11) is 0. The number of H-pyrrole nitrogens is 1. The molecule has 0 amide bonds. The van der Waals surface area contributed by atoms with E-state index in [2.05, 4.69) is 9.97 Å². The van der Waals surface area contributed by atoms with Gasteiger partial charge in [0, 0.05) is 25.2 Å². The summed E-state index contributed by atoms with van der Waals surface area (Å²) >= 11 is 0. The summed E-state index contributed by atoms with van der Waals surface area (Å²) in [6.07, 6.45) is 1.73. The molecular weight excluding hydrogens is 226 g/mol. The van der Waals surface area contributed by atoms with Crippen molar-refractivity contribution < 1.29 is 13.5 Å². The number of hydrogen-bond donors (Lipinski definition) is 1. The lowest BCUT2D eigenvalue weighted by Gasteiger charge is -2.19. The van der Waals surface area contributed by atoms with Crippen LogP contribution in [0.3, 0.4) is 0 Å². The summed E-state index contributed by atoms with van der Waals surface area (Å²) in [6.45, 7) is 1.39. The van der Waals surface area contributed by atoms with Crippen LogP contribution in [0.1, 0.15) is 24.6 Å². The lowest BCUT2D eigenvalue weighted by Crippen LogP contribution is -2.15. The van der Waals surface area contributed by atoms with Crippen molar-refractivity contribution in [2.24, 2.45) is 0 Å². The molecule has 0 unspecified atom stereocenters. The second-order valence-corrected chi connectivity index (χ2v) is 4.29. The first kappa shape index (κ1) is 10.7. The molecule has 90 valence electrons. The van der Waals surface area contributed by atoms with Gasteiger partial charge in [-0.05, 0) is 18.9 Å². The second-order valence-electron chi connectivity index (χ2n) is 4.29. The van der Waals surface area contributed by atoms with E-state index in [1.807, 2.05) is 0 Å². The van der Waals surface area contributed by atoms with Gasteiger partial charge in [-0.15, -0.1) is 0 Å². The van der Waals surface area contributed by atoms with Crippen LogP contribution < -0.4 is 0 Å². The number of nitrogens with zero attached hydrogens (tertiary/aromatic N) is 1. The average Bonchev–Trinajstić information content (AvgIpc) is 2.74. The molecule has 0 bridgehead atoms. The number of benzene rings is 1. The Balaban J connectivity index is 2.03. The average molecular weight is 238 g/mol. The third-order valence-corrected chi connectivity index (χ3v) is 3.13. The molecule has 17 heavy (non-hydrogen) atoms. The van der Waals surface area contributed by atoms with Crippen molar-refractivity contribution in [3.63, 3.8) is 0 Å². The van der Waals surface area contributed by atoms with E-state index >= 15 is 0 Å². The molecule has 0 aliphatic carbocycles. The molecule has 2 heterocycles. The number of halogens is 2. The van der Waals surface area contributed by atoms with E-state index < -0.39 is 11.6 Å². The molecule has 1 aromatic carbocycles. The van der Waals surface area contributed by atoms with Gasteiger partial charge in [-0.25, -0.2) is 13.8 Å². The van der Waals surface area contributed by atoms with Crippen LogP contribution in [-0.2, 0) is 4.74 Å². The molecule has 1 aliphatic heterocycles. The van der Waals surface area contributed by atoms with E-state index in [4.69, 9.17) is 4.74 Å². The van der Waals surface area contributed by atoms with Crippen molar-refractivity contribution in [2.45, 2.75) is 18.8 Å². The number of ether oxygens (including phenoxy) is 1. The topological polar surface area (TPSA) is 37.9 Å². The highest BCUT2D eigenvalue weighted by molar-refractivity contribution is 5.75. The summed E-state index contributed by atoms with van der Waals surface area (Å²) in [4.78, 5) is 7.22. The molecule has 1 fully saturated rings. The van der Waals surface area contributed by atoms with Crippen molar-refractivity contribution in [3.05, 3.63) is 29.6 Å². The van der Waals surface area contributed by atoms with Crippen LogP contribution in [0.25, 0.3) is 11.0 Å². The molecule has 0 spiro atoms. The van der Waals surface area contributed by atoms with Crippen LogP contribution >= 0.6 is 0 Å². The molecule has 1 aromatic heterocycles. The van der Waals surface area contributed by atoms with Gasteiger partial charge in [0.1, 0.15) is 17.2 Å². The Morgan fingerprint density at radius 3 is 2.76 bits per heavy atom. The molecule has 0 saturated carbocycles. The first-order valence-corrected chi connectivity index (χ1v) is 5.66. The monoisotopic (exact) mass is 238 g/mol. The zero-order valence-electron chi connectivity index (χ0n) is 9.17. The molecule has 3 nitrogen and oxygen atoms in total. The van der Waals surface area contributed by atoms with Gasteiger partial charge in [0.05, 0.1) is 5.52 Å². The predicted molar refractivity (Wildman–Crippen MR) is 58.8 cm³/mol. The first-order valence-electron chi connectivity index (χ1n) is 5.66. The molecule has 1 aliphatic rings. The first-order chi connectivity index (χ1) is 8.24. The maximum absolute atomic E-state index is 13.5. The zero-order chi connectivity index (χ0) is 11.8. The highest BCUT2D eigenvalue weighted by atomic mass is 19.1. The molecule has 5 heteroatoms. The van der Waals surface area contributed by atoms with Crippen molar-refractivity contribution in [1.29, 1.82) is 0 Å². The number of nitrogens with one attached hydrogen (secondary N) is 1. The normalized spacial score (nSPS) is 17.8. The number of fused-ring (bicyclic) bond motifs is 1. The van der Waals surface area contributed by atoms with Gasteiger partial charge in [-0.1, -0.05) is 0 Å². The lowest BCUT2D eigenvalue weighted by molar-refractivity contribution is 0.0838. The fourth-order valence-electron chi connectivity index (χ4n) is 2.23. The minimum Gasteiger partial charge on any atom is -0.381 e. The Morgan fingerprint density at radius 1 is 1.24 bits per heavy atom. The standard InChI is InChI=1S/C12H12F2N2O/c13-8-5-9(14)11-10(6-8)15-12(16-11)7-1-3-17-4-2-7/h5-7H,1-4H2,(H,15,16). The summed E-state index contributed by atoms with van der Waals surface area (Å²) in [5.74, 6) is -0.224. The van der Waals surface area contributed by atoms with E-state index in [0.717, 1.165) is 24.7 Å². The Morgan fingerprint density at radius 2 is 2.00 bits per heavy atom. The number of imidazole rings is 1. The van der Waals surface area contributed by atoms with Crippen LogP contribution in [0.4, 0.5) is 8.78 Å². The van der Waals surface area contributed by atoms with Crippen molar-refractivity contribution in [3.8, 4) is 0 Å². The Labute approximate surface area is 96.8 Å². The largest absolute Gasteiger partial charge is 0.381 e. The van der Waals surface area contributed by atoms with Gasteiger partial charge in [-0.3, -0.25) is 0 Å². The van der Waals surface area contributed by atoms with Crippen LogP contribution in [0.15, 0.2) is 12.1 Å². The summed E-state index contributed by atoms with van der Waals surface area (Å²) < 4.78 is 31.8. The van der Waals surface area contributed by atoms with E-state index in [1.54, 1.807) is 0 Å². The van der Waals surface area contributed by atoms with Crippen molar-refractivity contribution in [1.82, 2.24) is 9.97 Å². The zero-order valence-corrected chi connectivity index (χ0v) is 9.17. The van der Waals surface area contributed by atoms with Crippen molar-refractivity contribution >= 4 is 11.0 Å².